The molecule has 1 nitrogen and oxygen atoms in total. The van der Waals surface area contributed by atoms with Crippen LogP contribution in [0.1, 0.15) is 0 Å². The molecule has 0 aromatic heterocycles. The highest BCUT2D eigenvalue weighted by Gasteiger charge is 1.85. The van der Waals surface area contributed by atoms with Gasteiger partial charge < -0.3 is 0 Å². The Morgan fingerprint density at radius 2 is 1.20 bits per heavy atom. The number of alkyl halides is 1. The van der Waals surface area contributed by atoms with Crippen LogP contribution in [0.15, 0.2) is 48.5 Å². The molecule has 0 unspecified atom stereocenters. The standard InChI is InChI=1S/C10H8.C2H2Cl2O/c1-2-6-10-8-4-3-7-9(10)5-1;3-1-2(4)5/h1-8H;1H2. The third kappa shape index (κ3) is 4.32. The van der Waals surface area contributed by atoms with E-state index in [0.29, 0.717) is 0 Å². The lowest BCUT2D eigenvalue weighted by molar-refractivity contribution is -0.109. The van der Waals surface area contributed by atoms with Gasteiger partial charge in [0.2, 0.25) is 5.24 Å². The van der Waals surface area contributed by atoms with Gasteiger partial charge in [0, 0.05) is 0 Å². The third-order valence-corrected chi connectivity index (χ3v) is 2.28. The first-order valence-electron chi connectivity index (χ1n) is 4.42. The topological polar surface area (TPSA) is 17.1 Å². The highest BCUT2D eigenvalue weighted by molar-refractivity contribution is 6.67. The van der Waals surface area contributed by atoms with Gasteiger partial charge in [-0.15, -0.1) is 11.6 Å². The highest BCUT2D eigenvalue weighted by Crippen LogP contribution is 2.11. The molecule has 78 valence electrons. The maximum Gasteiger partial charge on any atom is 0.236 e. The van der Waals surface area contributed by atoms with Crippen molar-refractivity contribution < 1.29 is 4.79 Å². The van der Waals surface area contributed by atoms with E-state index in [9.17, 15) is 4.79 Å². The van der Waals surface area contributed by atoms with E-state index in [2.05, 4.69) is 48.5 Å². The van der Waals surface area contributed by atoms with Gasteiger partial charge in [0.15, 0.2) is 0 Å². The molecule has 2 aromatic carbocycles. The predicted octanol–water partition coefficient (Wildman–Crippen LogP) is 3.83. The summed E-state index contributed by atoms with van der Waals surface area (Å²) in [6, 6.07) is 16.7. The summed E-state index contributed by atoms with van der Waals surface area (Å²) in [4.78, 5) is 9.45. The third-order valence-electron chi connectivity index (χ3n) is 1.76. The van der Waals surface area contributed by atoms with Crippen molar-refractivity contribution >= 4 is 39.2 Å². The van der Waals surface area contributed by atoms with Gasteiger partial charge in [-0.3, -0.25) is 4.79 Å². The highest BCUT2D eigenvalue weighted by atomic mass is 35.5. The Balaban J connectivity index is 0.000000195. The summed E-state index contributed by atoms with van der Waals surface area (Å²) in [6.07, 6.45) is 0. The second-order valence-corrected chi connectivity index (χ2v) is 3.52. The van der Waals surface area contributed by atoms with Crippen LogP contribution in [-0.4, -0.2) is 11.1 Å². The maximum atomic E-state index is 9.45. The van der Waals surface area contributed by atoms with Crippen molar-refractivity contribution in [2.45, 2.75) is 0 Å². The number of halogens is 2. The van der Waals surface area contributed by atoms with E-state index >= 15 is 0 Å². The summed E-state index contributed by atoms with van der Waals surface area (Å²) in [7, 11) is 0. The molecule has 0 saturated heterocycles. The largest absolute Gasteiger partial charge is 0.280 e. The van der Waals surface area contributed by atoms with Gasteiger partial charge in [-0.2, -0.15) is 0 Å². The quantitative estimate of drug-likeness (QED) is 0.547. The van der Waals surface area contributed by atoms with Crippen molar-refractivity contribution in [2.75, 3.05) is 5.88 Å². The minimum Gasteiger partial charge on any atom is -0.280 e. The van der Waals surface area contributed by atoms with Crippen LogP contribution in [-0.2, 0) is 4.79 Å². The Morgan fingerprint density at radius 3 is 1.40 bits per heavy atom. The second-order valence-electron chi connectivity index (χ2n) is 2.84. The summed E-state index contributed by atoms with van der Waals surface area (Å²) in [5, 5.41) is 2.11. The van der Waals surface area contributed by atoms with Crippen molar-refractivity contribution in [3.05, 3.63) is 48.5 Å². The summed E-state index contributed by atoms with van der Waals surface area (Å²) in [6.45, 7) is 0. The fourth-order valence-corrected chi connectivity index (χ4v) is 1.13. The van der Waals surface area contributed by atoms with Gasteiger partial charge >= 0.3 is 0 Å². The molecule has 0 spiro atoms. The number of benzene rings is 2. The molecule has 0 aliphatic carbocycles. The van der Waals surface area contributed by atoms with Crippen molar-refractivity contribution in [1.82, 2.24) is 0 Å². The molecule has 2 aromatic rings. The number of hydrogen-bond donors (Lipinski definition) is 0. The lowest BCUT2D eigenvalue weighted by Gasteiger charge is -1.92. The monoisotopic (exact) mass is 240 g/mol. The Kier molecular flexibility index (Phi) is 5.16. The van der Waals surface area contributed by atoms with Crippen molar-refractivity contribution in [1.29, 1.82) is 0 Å². The molecule has 0 aliphatic rings. The van der Waals surface area contributed by atoms with E-state index < -0.39 is 5.24 Å². The predicted molar refractivity (Wildman–Crippen MR) is 65.5 cm³/mol. The molecule has 0 fully saturated rings. The van der Waals surface area contributed by atoms with Gasteiger partial charge in [-0.1, -0.05) is 48.5 Å². The number of carbonyl (C=O) groups excluding carboxylic acids is 1. The Morgan fingerprint density at radius 1 is 0.933 bits per heavy atom. The zero-order valence-corrected chi connectivity index (χ0v) is 9.50. The molecule has 0 N–H and O–H groups in total. The van der Waals surface area contributed by atoms with E-state index in [-0.39, 0.29) is 5.88 Å². The van der Waals surface area contributed by atoms with Crippen molar-refractivity contribution in [2.24, 2.45) is 0 Å². The zero-order chi connectivity index (χ0) is 11.1. The summed E-state index contributed by atoms with van der Waals surface area (Å²) < 4.78 is 0. The van der Waals surface area contributed by atoms with E-state index in [1.54, 1.807) is 0 Å². The van der Waals surface area contributed by atoms with Crippen molar-refractivity contribution in [3.8, 4) is 0 Å². The molecule has 0 radical (unpaired) electrons. The van der Waals surface area contributed by atoms with Crippen LogP contribution in [0.5, 0.6) is 0 Å². The summed E-state index contributed by atoms with van der Waals surface area (Å²) >= 11 is 9.55. The molecule has 3 heteroatoms. The Labute approximate surface area is 98.6 Å². The number of rotatable bonds is 1. The average molecular weight is 241 g/mol. The van der Waals surface area contributed by atoms with Crippen LogP contribution < -0.4 is 0 Å². The van der Waals surface area contributed by atoms with E-state index in [1.807, 2.05) is 0 Å². The zero-order valence-electron chi connectivity index (χ0n) is 7.99. The van der Waals surface area contributed by atoms with Crippen LogP contribution in [0.25, 0.3) is 10.8 Å². The number of hydrogen-bond acceptors (Lipinski definition) is 1. The Hall–Kier alpha value is -1.05. The summed E-state index contributed by atoms with van der Waals surface area (Å²) in [5.41, 5.74) is 0. The molecular weight excluding hydrogens is 231 g/mol. The van der Waals surface area contributed by atoms with Crippen LogP contribution >= 0.6 is 23.2 Å². The lowest BCUT2D eigenvalue weighted by atomic mass is 10.1. The molecule has 0 bridgehead atoms. The van der Waals surface area contributed by atoms with Crippen LogP contribution in [0.4, 0.5) is 0 Å². The molecule has 0 amide bonds. The van der Waals surface area contributed by atoms with Gasteiger partial charge in [-0.25, -0.2) is 0 Å². The molecule has 0 atom stereocenters. The van der Waals surface area contributed by atoms with Gasteiger partial charge in [0.05, 0.1) is 5.88 Å². The summed E-state index contributed by atoms with van der Waals surface area (Å²) in [5.74, 6) is -0.0957. The minimum absolute atomic E-state index is 0.0957. The molecular formula is C12H10Cl2O. The molecule has 0 aliphatic heterocycles. The Bertz CT molecular complexity index is 375. The molecule has 15 heavy (non-hydrogen) atoms. The average Bonchev–Trinajstić information content (AvgIpc) is 2.30. The van der Waals surface area contributed by atoms with E-state index in [4.69, 9.17) is 23.2 Å². The van der Waals surface area contributed by atoms with E-state index in [1.165, 1.54) is 10.8 Å². The van der Waals surface area contributed by atoms with Crippen LogP contribution in [0, 0.1) is 0 Å². The fourth-order valence-electron chi connectivity index (χ4n) is 1.13. The first-order valence-corrected chi connectivity index (χ1v) is 5.33. The smallest absolute Gasteiger partial charge is 0.236 e. The van der Waals surface area contributed by atoms with Crippen molar-refractivity contribution in [3.63, 3.8) is 0 Å². The maximum absolute atomic E-state index is 9.45. The minimum atomic E-state index is -0.508. The first-order chi connectivity index (χ1) is 7.24. The molecule has 2 rings (SSSR count). The second kappa shape index (κ2) is 6.44. The lowest BCUT2D eigenvalue weighted by Crippen LogP contribution is -1.81. The van der Waals surface area contributed by atoms with Gasteiger partial charge in [0.25, 0.3) is 0 Å². The number of carbonyl (C=O) groups is 1. The normalized spacial score (nSPS) is 9.20. The van der Waals surface area contributed by atoms with Gasteiger partial charge in [-0.05, 0) is 22.4 Å². The fraction of sp³-hybridized carbons (Fsp3) is 0.0833. The number of fused-ring (bicyclic) bond motifs is 1. The molecule has 0 saturated carbocycles. The van der Waals surface area contributed by atoms with E-state index in [0.717, 1.165) is 0 Å². The SMILES string of the molecule is O=C(Cl)CCl.c1ccc2ccccc2c1. The van der Waals surface area contributed by atoms with Gasteiger partial charge in [0.1, 0.15) is 0 Å². The molecule has 0 heterocycles. The first kappa shape index (κ1) is 12.0. The van der Waals surface area contributed by atoms with Crippen LogP contribution in [0.2, 0.25) is 0 Å². The van der Waals surface area contributed by atoms with Crippen LogP contribution in [0.3, 0.4) is 0 Å².